The van der Waals surface area contributed by atoms with Gasteiger partial charge in [-0.15, -0.1) is 0 Å². The summed E-state index contributed by atoms with van der Waals surface area (Å²) in [5.41, 5.74) is 19.2. The molecule has 0 radical (unpaired) electrons. The molecular formula is C59H40N2. The third-order valence-corrected chi connectivity index (χ3v) is 12.2. The summed E-state index contributed by atoms with van der Waals surface area (Å²) in [6.45, 7) is 0. The van der Waals surface area contributed by atoms with Crippen molar-refractivity contribution < 1.29 is 0 Å². The maximum Gasteiger partial charge on any atom is 0.160 e. The van der Waals surface area contributed by atoms with E-state index in [0.717, 1.165) is 39.2 Å². The fourth-order valence-electron chi connectivity index (χ4n) is 9.29. The van der Waals surface area contributed by atoms with Crippen LogP contribution in [-0.2, 0) is 5.41 Å². The van der Waals surface area contributed by atoms with Crippen LogP contribution in [0.15, 0.2) is 243 Å². The zero-order valence-corrected chi connectivity index (χ0v) is 33.5. The van der Waals surface area contributed by atoms with Crippen LogP contribution in [0.1, 0.15) is 22.3 Å². The second-order valence-corrected chi connectivity index (χ2v) is 15.7. The van der Waals surface area contributed by atoms with Crippen LogP contribution in [0.2, 0.25) is 0 Å². The molecule has 11 rings (SSSR count). The van der Waals surface area contributed by atoms with Gasteiger partial charge in [0.05, 0.1) is 16.8 Å². The Bertz CT molecular complexity index is 3120. The minimum absolute atomic E-state index is 0.415. The lowest BCUT2D eigenvalue weighted by molar-refractivity contribution is 0.768. The molecule has 1 aliphatic carbocycles. The van der Waals surface area contributed by atoms with Gasteiger partial charge >= 0.3 is 0 Å². The van der Waals surface area contributed by atoms with E-state index in [1.54, 1.807) is 0 Å². The monoisotopic (exact) mass is 776 g/mol. The predicted octanol–water partition coefficient (Wildman–Crippen LogP) is 14.8. The van der Waals surface area contributed by atoms with Gasteiger partial charge in [0.15, 0.2) is 5.82 Å². The molecule has 0 amide bonds. The second-order valence-electron chi connectivity index (χ2n) is 15.7. The minimum Gasteiger partial charge on any atom is -0.228 e. The van der Waals surface area contributed by atoms with Gasteiger partial charge in [-0.2, -0.15) is 0 Å². The highest BCUT2D eigenvalue weighted by Crippen LogP contribution is 2.56. The number of benzene rings is 9. The Hall–Kier alpha value is -7.94. The Morgan fingerprint density at radius 2 is 0.656 bits per heavy atom. The molecule has 0 aliphatic heterocycles. The van der Waals surface area contributed by atoms with E-state index in [-0.39, 0.29) is 0 Å². The Balaban J connectivity index is 0.978. The van der Waals surface area contributed by atoms with Crippen molar-refractivity contribution in [1.29, 1.82) is 0 Å². The molecule has 2 heteroatoms. The van der Waals surface area contributed by atoms with E-state index in [4.69, 9.17) is 9.97 Å². The molecule has 61 heavy (non-hydrogen) atoms. The first-order valence-corrected chi connectivity index (χ1v) is 20.9. The molecule has 0 unspecified atom stereocenters. The van der Waals surface area contributed by atoms with E-state index in [0.29, 0.717) is 5.82 Å². The summed E-state index contributed by atoms with van der Waals surface area (Å²) in [6, 6.07) is 87.1. The van der Waals surface area contributed by atoms with E-state index in [1.165, 1.54) is 55.6 Å². The largest absolute Gasteiger partial charge is 0.228 e. The van der Waals surface area contributed by atoms with Crippen molar-refractivity contribution >= 4 is 0 Å². The van der Waals surface area contributed by atoms with Crippen LogP contribution < -0.4 is 0 Å². The zero-order valence-electron chi connectivity index (χ0n) is 33.5. The molecule has 2 nitrogen and oxygen atoms in total. The zero-order chi connectivity index (χ0) is 40.6. The fourth-order valence-corrected chi connectivity index (χ4v) is 9.29. The SMILES string of the molecule is c1ccc(-c2ccc(-c3cc(-c4cccc(-c5cccc(-c6ccc7c(c6)-c6ccccc6C7(c6ccccc6)c6ccccc6)c5)c4)nc(-c4ccccc4)n3)cc2)cc1. The maximum absolute atomic E-state index is 5.16. The summed E-state index contributed by atoms with van der Waals surface area (Å²) in [6.07, 6.45) is 0. The third-order valence-electron chi connectivity index (χ3n) is 12.2. The minimum atomic E-state index is -0.415. The summed E-state index contributed by atoms with van der Waals surface area (Å²) < 4.78 is 0. The average Bonchev–Trinajstić information content (AvgIpc) is 3.65. The molecule has 1 aliphatic rings. The van der Waals surface area contributed by atoms with E-state index in [2.05, 4.69) is 218 Å². The van der Waals surface area contributed by atoms with Gasteiger partial charge in [0.2, 0.25) is 0 Å². The Morgan fingerprint density at radius 3 is 1.28 bits per heavy atom. The average molecular weight is 777 g/mol. The molecule has 0 atom stereocenters. The molecule has 0 fully saturated rings. The fraction of sp³-hybridized carbons (Fsp3) is 0.0169. The van der Waals surface area contributed by atoms with Crippen LogP contribution in [0.25, 0.3) is 78.4 Å². The van der Waals surface area contributed by atoms with Crippen LogP contribution in [0.4, 0.5) is 0 Å². The molecule has 1 aromatic heterocycles. The van der Waals surface area contributed by atoms with Gasteiger partial charge in [0.1, 0.15) is 0 Å². The van der Waals surface area contributed by atoms with Crippen molar-refractivity contribution in [2.45, 2.75) is 5.41 Å². The molecule has 10 aromatic rings. The predicted molar refractivity (Wildman–Crippen MR) is 252 cm³/mol. The van der Waals surface area contributed by atoms with Crippen LogP contribution in [0, 0.1) is 0 Å². The van der Waals surface area contributed by atoms with Crippen LogP contribution in [-0.4, -0.2) is 9.97 Å². The van der Waals surface area contributed by atoms with Crippen molar-refractivity contribution in [3.05, 3.63) is 265 Å². The summed E-state index contributed by atoms with van der Waals surface area (Å²) in [4.78, 5) is 10.3. The number of fused-ring (bicyclic) bond motifs is 3. The van der Waals surface area contributed by atoms with Crippen LogP contribution >= 0.6 is 0 Å². The second kappa shape index (κ2) is 15.3. The Labute approximate surface area is 357 Å². The van der Waals surface area contributed by atoms with Crippen molar-refractivity contribution in [2.24, 2.45) is 0 Å². The van der Waals surface area contributed by atoms with E-state index in [9.17, 15) is 0 Å². The van der Waals surface area contributed by atoms with Crippen LogP contribution in [0.3, 0.4) is 0 Å². The number of rotatable bonds is 8. The number of nitrogens with zero attached hydrogens (tertiary/aromatic N) is 2. The van der Waals surface area contributed by atoms with Gasteiger partial charge in [-0.1, -0.05) is 218 Å². The van der Waals surface area contributed by atoms with E-state index < -0.39 is 5.41 Å². The van der Waals surface area contributed by atoms with Gasteiger partial charge in [-0.25, -0.2) is 9.97 Å². The first-order chi connectivity index (χ1) is 30.2. The quantitative estimate of drug-likeness (QED) is 0.154. The number of hydrogen-bond donors (Lipinski definition) is 0. The van der Waals surface area contributed by atoms with Crippen molar-refractivity contribution in [2.75, 3.05) is 0 Å². The maximum atomic E-state index is 5.16. The van der Waals surface area contributed by atoms with Gasteiger partial charge in [-0.05, 0) is 91.0 Å². The van der Waals surface area contributed by atoms with Crippen LogP contribution in [0.5, 0.6) is 0 Å². The molecule has 1 heterocycles. The first-order valence-electron chi connectivity index (χ1n) is 20.9. The summed E-state index contributed by atoms with van der Waals surface area (Å²) in [5.74, 6) is 0.703. The van der Waals surface area contributed by atoms with Gasteiger partial charge in [-0.3, -0.25) is 0 Å². The molecular weight excluding hydrogens is 737 g/mol. The Kier molecular flexibility index (Phi) is 9.09. The molecule has 286 valence electrons. The molecule has 0 N–H and O–H groups in total. The smallest absolute Gasteiger partial charge is 0.160 e. The van der Waals surface area contributed by atoms with Crippen molar-refractivity contribution in [1.82, 2.24) is 9.97 Å². The lowest BCUT2D eigenvalue weighted by atomic mass is 9.67. The topological polar surface area (TPSA) is 25.8 Å². The highest BCUT2D eigenvalue weighted by atomic mass is 14.9. The molecule has 0 saturated heterocycles. The number of hydrogen-bond acceptors (Lipinski definition) is 2. The summed E-state index contributed by atoms with van der Waals surface area (Å²) in [7, 11) is 0. The lowest BCUT2D eigenvalue weighted by Gasteiger charge is -2.33. The lowest BCUT2D eigenvalue weighted by Crippen LogP contribution is -2.28. The van der Waals surface area contributed by atoms with Crippen molar-refractivity contribution in [3.63, 3.8) is 0 Å². The molecule has 9 aromatic carbocycles. The standard InChI is InChI=1S/C59H40N2/c1-5-17-41(18-6-1)42-31-33-43(34-32-42)56-40-57(61-58(60-56)44-19-7-2-8-20-44)49-24-16-23-47(38-49)45-21-15-22-46(37-45)48-35-36-55-53(39-48)52-29-13-14-30-54(52)59(55,50-25-9-3-10-26-50)51-27-11-4-12-28-51/h1-40H. The third kappa shape index (κ3) is 6.46. The van der Waals surface area contributed by atoms with Gasteiger partial charge in [0, 0.05) is 16.7 Å². The Morgan fingerprint density at radius 1 is 0.246 bits per heavy atom. The first kappa shape index (κ1) is 36.2. The van der Waals surface area contributed by atoms with Gasteiger partial charge in [0.25, 0.3) is 0 Å². The van der Waals surface area contributed by atoms with Crippen molar-refractivity contribution in [3.8, 4) is 78.4 Å². The highest BCUT2D eigenvalue weighted by Gasteiger charge is 2.45. The van der Waals surface area contributed by atoms with Gasteiger partial charge < -0.3 is 0 Å². The number of aromatic nitrogens is 2. The molecule has 0 spiro atoms. The highest BCUT2D eigenvalue weighted by molar-refractivity contribution is 5.89. The van der Waals surface area contributed by atoms with E-state index >= 15 is 0 Å². The molecule has 0 bridgehead atoms. The summed E-state index contributed by atoms with van der Waals surface area (Å²) >= 11 is 0. The summed E-state index contributed by atoms with van der Waals surface area (Å²) in [5, 5.41) is 0. The van der Waals surface area contributed by atoms with E-state index in [1.807, 2.05) is 24.3 Å². The molecule has 0 saturated carbocycles. The normalized spacial score (nSPS) is 12.4.